The number of aromatic nitrogens is 4. The molecule has 2 aromatic carbocycles. The normalized spacial score (nSPS) is 16.9. The summed E-state index contributed by atoms with van der Waals surface area (Å²) in [7, 11) is 0. The van der Waals surface area contributed by atoms with Crippen molar-refractivity contribution in [2.45, 2.75) is 25.9 Å². The highest BCUT2D eigenvalue weighted by Gasteiger charge is 2.25. The minimum absolute atomic E-state index is 0.0702. The molecule has 3 heterocycles. The molecule has 9 heteroatoms. The minimum Gasteiger partial charge on any atom is -0.364 e. The van der Waals surface area contributed by atoms with Gasteiger partial charge in [0.15, 0.2) is 5.69 Å². The molecule has 0 N–H and O–H groups in total. The molecule has 0 radical (unpaired) electrons. The Hall–Kier alpha value is -3.23. The molecule has 1 saturated heterocycles. The maximum absolute atomic E-state index is 12.4. The van der Waals surface area contributed by atoms with E-state index >= 15 is 0 Å². The maximum Gasteiger partial charge on any atom is 0.276 e. The molecule has 1 amide bonds. The van der Waals surface area contributed by atoms with Gasteiger partial charge in [0.25, 0.3) is 5.91 Å². The van der Waals surface area contributed by atoms with Crippen LogP contribution in [-0.4, -0.2) is 62.0 Å². The number of halogens is 1. The van der Waals surface area contributed by atoms with Crippen LogP contribution in [0.25, 0.3) is 22.2 Å². The minimum atomic E-state index is -0.0702. The summed E-state index contributed by atoms with van der Waals surface area (Å²) in [5.41, 5.74) is 5.40. The van der Waals surface area contributed by atoms with E-state index in [9.17, 15) is 4.79 Å². The van der Waals surface area contributed by atoms with E-state index in [1.54, 1.807) is 6.07 Å². The number of nitrogens with zero attached hydrogens (tertiary/aromatic N) is 6. The number of carbonyl (C=O) groups excluding carboxylic acids is 1. The molecule has 174 valence electrons. The first kappa shape index (κ1) is 21.3. The van der Waals surface area contributed by atoms with Crippen LogP contribution in [0.5, 0.6) is 0 Å². The average Bonchev–Trinajstić information content (AvgIpc) is 3.33. The van der Waals surface area contributed by atoms with Gasteiger partial charge in [0.05, 0.1) is 10.5 Å². The fourth-order valence-corrected chi connectivity index (χ4v) is 4.86. The van der Waals surface area contributed by atoms with Gasteiger partial charge < -0.3 is 9.42 Å². The van der Waals surface area contributed by atoms with Crippen molar-refractivity contribution in [1.29, 1.82) is 0 Å². The third-order valence-corrected chi connectivity index (χ3v) is 7.12. The zero-order chi connectivity index (χ0) is 23.1. The molecule has 2 fully saturated rings. The highest BCUT2D eigenvalue weighted by molar-refractivity contribution is 6.37. The first-order valence-corrected chi connectivity index (χ1v) is 12.1. The Morgan fingerprint density at radius 1 is 1.03 bits per heavy atom. The monoisotopic (exact) mass is 476 g/mol. The van der Waals surface area contributed by atoms with Crippen LogP contribution in [0.1, 0.15) is 28.9 Å². The predicted molar refractivity (Wildman–Crippen MR) is 128 cm³/mol. The fraction of sp³-hybridized carbons (Fsp3) is 0.360. The van der Waals surface area contributed by atoms with Gasteiger partial charge in [-0.1, -0.05) is 52.3 Å². The first-order valence-electron chi connectivity index (χ1n) is 11.7. The number of benzene rings is 2. The highest BCUT2D eigenvalue weighted by Crippen LogP contribution is 2.35. The summed E-state index contributed by atoms with van der Waals surface area (Å²) in [6.07, 6.45) is 3.98. The van der Waals surface area contributed by atoms with Crippen LogP contribution in [0, 0.1) is 5.92 Å². The molecule has 6 rings (SSSR count). The van der Waals surface area contributed by atoms with Crippen LogP contribution >= 0.6 is 11.6 Å². The van der Waals surface area contributed by atoms with Gasteiger partial charge in [-0.2, -0.15) is 0 Å². The summed E-state index contributed by atoms with van der Waals surface area (Å²) in [4.78, 5) is 16.6. The molecule has 0 bridgehead atoms. The maximum atomic E-state index is 12.4. The Morgan fingerprint density at radius 2 is 1.82 bits per heavy atom. The lowest BCUT2D eigenvalue weighted by atomic mass is 10.0. The van der Waals surface area contributed by atoms with Crippen molar-refractivity contribution in [2.24, 2.45) is 5.92 Å². The third-order valence-electron chi connectivity index (χ3n) is 6.74. The van der Waals surface area contributed by atoms with Crippen LogP contribution in [0.2, 0.25) is 5.02 Å². The van der Waals surface area contributed by atoms with Crippen molar-refractivity contribution in [3.8, 4) is 11.1 Å². The van der Waals surface area contributed by atoms with Crippen LogP contribution in [0.3, 0.4) is 0 Å². The molecule has 2 aromatic heterocycles. The van der Waals surface area contributed by atoms with Gasteiger partial charge in [-0.05, 0) is 36.0 Å². The molecule has 34 heavy (non-hydrogen) atoms. The molecule has 2 aliphatic rings. The van der Waals surface area contributed by atoms with E-state index in [0.29, 0.717) is 23.8 Å². The van der Waals surface area contributed by atoms with E-state index in [4.69, 9.17) is 16.1 Å². The molecular weight excluding hydrogens is 452 g/mol. The van der Waals surface area contributed by atoms with Crippen molar-refractivity contribution < 1.29 is 9.32 Å². The summed E-state index contributed by atoms with van der Waals surface area (Å²) >= 11 is 6.75. The van der Waals surface area contributed by atoms with Gasteiger partial charge in [-0.15, -0.1) is 5.10 Å². The van der Waals surface area contributed by atoms with E-state index in [0.717, 1.165) is 54.3 Å². The molecule has 8 nitrogen and oxygen atoms in total. The Morgan fingerprint density at radius 3 is 2.53 bits per heavy atom. The summed E-state index contributed by atoms with van der Waals surface area (Å²) in [6.45, 7) is 4.77. The Balaban J connectivity index is 1.10. The van der Waals surface area contributed by atoms with Crippen molar-refractivity contribution in [2.75, 3.05) is 26.2 Å². The van der Waals surface area contributed by atoms with E-state index in [1.165, 1.54) is 24.7 Å². The Bertz CT molecular complexity index is 1310. The predicted octanol–water partition coefficient (Wildman–Crippen LogP) is 4.11. The lowest BCUT2D eigenvalue weighted by Gasteiger charge is -2.34. The standard InChI is InChI=1S/C25H25ClN6O2/c26-23-20(7-8-22-24(23)27-29-32(22)16-18-1-2-18)19-5-3-17(4-6-19)15-30-10-12-31(13-11-30)25(33)21-9-14-34-28-21/h3-9,14,18H,1-2,10-13,15-16H2. The van der Waals surface area contributed by atoms with Gasteiger partial charge in [-0.25, -0.2) is 4.68 Å². The summed E-state index contributed by atoms with van der Waals surface area (Å²) in [6, 6.07) is 14.3. The van der Waals surface area contributed by atoms with Crippen LogP contribution in [0.15, 0.2) is 53.3 Å². The largest absolute Gasteiger partial charge is 0.364 e. The molecule has 1 saturated carbocycles. The van der Waals surface area contributed by atoms with Crippen LogP contribution in [-0.2, 0) is 13.1 Å². The highest BCUT2D eigenvalue weighted by atomic mass is 35.5. The molecule has 0 atom stereocenters. The van der Waals surface area contributed by atoms with Crippen molar-refractivity contribution in [1.82, 2.24) is 30.0 Å². The number of piperazine rings is 1. The summed E-state index contributed by atoms with van der Waals surface area (Å²) in [5.74, 6) is 0.659. The zero-order valence-corrected chi connectivity index (χ0v) is 19.5. The topological polar surface area (TPSA) is 80.3 Å². The summed E-state index contributed by atoms with van der Waals surface area (Å²) in [5, 5.41) is 13.1. The second-order valence-electron chi connectivity index (χ2n) is 9.16. The Labute approximate surface area is 202 Å². The van der Waals surface area contributed by atoms with E-state index < -0.39 is 0 Å². The van der Waals surface area contributed by atoms with Gasteiger partial charge in [-0.3, -0.25) is 9.69 Å². The lowest BCUT2D eigenvalue weighted by molar-refractivity contribution is 0.0618. The number of fused-ring (bicyclic) bond motifs is 1. The van der Waals surface area contributed by atoms with E-state index in [1.807, 2.05) is 9.58 Å². The summed E-state index contributed by atoms with van der Waals surface area (Å²) < 4.78 is 6.77. The average molecular weight is 477 g/mol. The van der Waals surface area contributed by atoms with Crippen molar-refractivity contribution in [3.63, 3.8) is 0 Å². The Kier molecular flexibility index (Phi) is 5.55. The van der Waals surface area contributed by atoms with Crippen molar-refractivity contribution in [3.05, 3.63) is 65.0 Å². The molecule has 1 aliphatic heterocycles. The molecule has 1 aliphatic carbocycles. The van der Waals surface area contributed by atoms with Crippen LogP contribution < -0.4 is 0 Å². The molecular formula is C25H25ClN6O2. The fourth-order valence-electron chi connectivity index (χ4n) is 4.55. The number of carbonyl (C=O) groups is 1. The number of hydrogen-bond acceptors (Lipinski definition) is 6. The van der Waals surface area contributed by atoms with E-state index in [-0.39, 0.29) is 5.91 Å². The molecule has 0 unspecified atom stereocenters. The van der Waals surface area contributed by atoms with Gasteiger partial charge in [0.1, 0.15) is 11.8 Å². The SMILES string of the molecule is O=C(c1ccon1)N1CCN(Cc2ccc(-c3ccc4c(nnn4CC4CC4)c3Cl)cc2)CC1. The number of amides is 1. The quantitative estimate of drug-likeness (QED) is 0.416. The number of hydrogen-bond donors (Lipinski definition) is 0. The number of rotatable bonds is 6. The first-order chi connectivity index (χ1) is 16.7. The smallest absolute Gasteiger partial charge is 0.276 e. The van der Waals surface area contributed by atoms with Crippen LogP contribution in [0.4, 0.5) is 0 Å². The third kappa shape index (κ3) is 4.19. The van der Waals surface area contributed by atoms with Gasteiger partial charge in [0.2, 0.25) is 0 Å². The van der Waals surface area contributed by atoms with Gasteiger partial charge >= 0.3 is 0 Å². The molecule has 0 spiro atoms. The second-order valence-corrected chi connectivity index (χ2v) is 9.54. The lowest BCUT2D eigenvalue weighted by Crippen LogP contribution is -2.48. The van der Waals surface area contributed by atoms with Gasteiger partial charge in [0, 0.05) is 50.9 Å². The van der Waals surface area contributed by atoms with E-state index in [2.05, 4.69) is 56.8 Å². The van der Waals surface area contributed by atoms with Crippen molar-refractivity contribution >= 4 is 28.5 Å². The second kappa shape index (κ2) is 8.85. The zero-order valence-electron chi connectivity index (χ0n) is 18.7. The molecule has 4 aromatic rings.